The fraction of sp³-hybridized carbons (Fsp3) is 0.136. The van der Waals surface area contributed by atoms with E-state index < -0.39 is 10.8 Å². The van der Waals surface area contributed by atoms with Crippen LogP contribution in [0.25, 0.3) is 0 Å². The Kier molecular flexibility index (Phi) is 6.49. The van der Waals surface area contributed by atoms with Crippen molar-refractivity contribution in [2.75, 3.05) is 19.5 Å². The van der Waals surface area contributed by atoms with Gasteiger partial charge in [-0.25, -0.2) is 0 Å². The molecule has 3 aromatic carbocycles. The molecular formula is C22H20N2O6. The molecule has 0 fully saturated rings. The van der Waals surface area contributed by atoms with Gasteiger partial charge in [0.05, 0.1) is 19.1 Å². The highest BCUT2D eigenvalue weighted by molar-refractivity contribution is 6.04. The Bertz CT molecular complexity index is 1070. The van der Waals surface area contributed by atoms with Crippen LogP contribution in [0.1, 0.15) is 15.9 Å². The minimum absolute atomic E-state index is 0.102. The number of nitrogens with one attached hydrogen (secondary N) is 1. The van der Waals surface area contributed by atoms with Gasteiger partial charge in [-0.3, -0.25) is 14.9 Å². The Morgan fingerprint density at radius 2 is 1.73 bits per heavy atom. The van der Waals surface area contributed by atoms with E-state index in [1.807, 2.05) is 12.1 Å². The standard InChI is InChI=1S/C22H20N2O6/c1-28-19-7-4-8-20(13-19)30-14-16-11-15(9-10-21(16)29-2)22(25)23-17-5-3-6-18(12-17)24(26)27/h3-13H,14H2,1-2H3,(H,23,25). The van der Waals surface area contributed by atoms with Crippen LogP contribution in [0.2, 0.25) is 0 Å². The number of ether oxygens (including phenoxy) is 3. The zero-order chi connectivity index (χ0) is 21.5. The summed E-state index contributed by atoms with van der Waals surface area (Å²) in [6, 6.07) is 17.9. The van der Waals surface area contributed by atoms with Crippen LogP contribution in [0.5, 0.6) is 17.2 Å². The summed E-state index contributed by atoms with van der Waals surface area (Å²) in [5.41, 5.74) is 1.27. The third-order valence-electron chi connectivity index (χ3n) is 4.29. The third kappa shape index (κ3) is 5.05. The van der Waals surface area contributed by atoms with Crippen molar-refractivity contribution in [3.8, 4) is 17.2 Å². The number of hydrogen-bond donors (Lipinski definition) is 1. The van der Waals surface area contributed by atoms with Crippen LogP contribution in [0.3, 0.4) is 0 Å². The average molecular weight is 408 g/mol. The highest BCUT2D eigenvalue weighted by Gasteiger charge is 2.13. The van der Waals surface area contributed by atoms with Crippen LogP contribution in [0, 0.1) is 10.1 Å². The Hall–Kier alpha value is -4.07. The Labute approximate surface area is 173 Å². The number of hydrogen-bond acceptors (Lipinski definition) is 6. The molecule has 0 aliphatic rings. The molecule has 0 aliphatic carbocycles. The van der Waals surface area contributed by atoms with Crippen molar-refractivity contribution in [2.24, 2.45) is 0 Å². The molecular weight excluding hydrogens is 388 g/mol. The number of non-ortho nitro benzene ring substituents is 1. The summed E-state index contributed by atoms with van der Waals surface area (Å²) in [7, 11) is 3.11. The largest absolute Gasteiger partial charge is 0.497 e. The number of methoxy groups -OCH3 is 2. The number of nitro groups is 1. The first-order valence-electron chi connectivity index (χ1n) is 8.99. The molecule has 0 spiro atoms. The molecule has 0 radical (unpaired) electrons. The normalized spacial score (nSPS) is 10.2. The molecule has 0 atom stereocenters. The van der Waals surface area contributed by atoms with Crippen molar-refractivity contribution in [2.45, 2.75) is 6.61 Å². The lowest BCUT2D eigenvalue weighted by Crippen LogP contribution is -2.13. The molecule has 30 heavy (non-hydrogen) atoms. The summed E-state index contributed by atoms with van der Waals surface area (Å²) >= 11 is 0. The predicted molar refractivity (Wildman–Crippen MR) is 111 cm³/mol. The molecule has 1 amide bonds. The number of anilines is 1. The van der Waals surface area contributed by atoms with E-state index >= 15 is 0 Å². The van der Waals surface area contributed by atoms with Gasteiger partial charge in [-0.1, -0.05) is 12.1 Å². The maximum Gasteiger partial charge on any atom is 0.271 e. The molecule has 8 heteroatoms. The van der Waals surface area contributed by atoms with Gasteiger partial charge in [0.15, 0.2) is 0 Å². The number of carbonyl (C=O) groups excluding carboxylic acids is 1. The number of carbonyl (C=O) groups is 1. The molecule has 154 valence electrons. The van der Waals surface area contributed by atoms with E-state index in [0.29, 0.717) is 34.1 Å². The van der Waals surface area contributed by atoms with E-state index in [1.54, 1.807) is 43.5 Å². The molecule has 0 bridgehead atoms. The first kappa shape index (κ1) is 20.7. The van der Waals surface area contributed by atoms with Crippen LogP contribution in [-0.4, -0.2) is 25.1 Å². The van der Waals surface area contributed by atoms with Gasteiger partial charge < -0.3 is 19.5 Å². The molecule has 0 aliphatic heterocycles. The lowest BCUT2D eigenvalue weighted by Gasteiger charge is -2.13. The number of nitrogens with zero attached hydrogens (tertiary/aromatic N) is 1. The Balaban J connectivity index is 1.76. The van der Waals surface area contributed by atoms with Crippen LogP contribution in [0.15, 0.2) is 66.7 Å². The summed E-state index contributed by atoms with van der Waals surface area (Å²) in [4.78, 5) is 23.0. The van der Waals surface area contributed by atoms with Crippen molar-refractivity contribution in [3.05, 3.63) is 88.0 Å². The first-order chi connectivity index (χ1) is 14.5. The minimum atomic E-state index is -0.517. The summed E-state index contributed by atoms with van der Waals surface area (Å²) in [5.74, 6) is 1.46. The topological polar surface area (TPSA) is 99.9 Å². The van der Waals surface area contributed by atoms with E-state index in [2.05, 4.69) is 5.32 Å². The molecule has 0 aromatic heterocycles. The number of rotatable bonds is 8. The van der Waals surface area contributed by atoms with Crippen molar-refractivity contribution in [3.63, 3.8) is 0 Å². The summed E-state index contributed by atoms with van der Waals surface area (Å²) in [6.07, 6.45) is 0. The Morgan fingerprint density at radius 3 is 2.47 bits per heavy atom. The smallest absolute Gasteiger partial charge is 0.271 e. The van der Waals surface area contributed by atoms with Crippen LogP contribution in [0.4, 0.5) is 11.4 Å². The molecule has 0 heterocycles. The quantitative estimate of drug-likeness (QED) is 0.437. The molecule has 3 aromatic rings. The van der Waals surface area contributed by atoms with Crippen LogP contribution >= 0.6 is 0 Å². The van der Waals surface area contributed by atoms with E-state index in [-0.39, 0.29) is 12.3 Å². The lowest BCUT2D eigenvalue weighted by molar-refractivity contribution is -0.384. The van der Waals surface area contributed by atoms with Crippen molar-refractivity contribution < 1.29 is 23.9 Å². The van der Waals surface area contributed by atoms with E-state index in [9.17, 15) is 14.9 Å². The van der Waals surface area contributed by atoms with Gasteiger partial charge in [0.25, 0.3) is 11.6 Å². The van der Waals surface area contributed by atoms with Crippen LogP contribution in [-0.2, 0) is 6.61 Å². The van der Waals surface area contributed by atoms with Crippen molar-refractivity contribution >= 4 is 17.3 Å². The van der Waals surface area contributed by atoms with Gasteiger partial charge in [0.2, 0.25) is 0 Å². The second-order valence-corrected chi connectivity index (χ2v) is 6.26. The minimum Gasteiger partial charge on any atom is -0.497 e. The molecule has 0 saturated carbocycles. The predicted octanol–water partition coefficient (Wildman–Crippen LogP) is 4.44. The molecule has 3 rings (SSSR count). The zero-order valence-electron chi connectivity index (χ0n) is 16.5. The molecule has 1 N–H and O–H groups in total. The van der Waals surface area contributed by atoms with Gasteiger partial charge in [0.1, 0.15) is 23.9 Å². The molecule has 0 unspecified atom stereocenters. The van der Waals surface area contributed by atoms with Gasteiger partial charge >= 0.3 is 0 Å². The summed E-state index contributed by atoms with van der Waals surface area (Å²) in [5, 5.41) is 13.6. The number of nitro benzene ring substituents is 1. The van der Waals surface area contributed by atoms with E-state index in [4.69, 9.17) is 14.2 Å². The zero-order valence-corrected chi connectivity index (χ0v) is 16.5. The number of benzene rings is 3. The first-order valence-corrected chi connectivity index (χ1v) is 8.99. The third-order valence-corrected chi connectivity index (χ3v) is 4.29. The SMILES string of the molecule is COc1cccc(OCc2cc(C(=O)Nc3cccc([N+](=O)[O-])c3)ccc2OC)c1. The maximum atomic E-state index is 12.6. The second-order valence-electron chi connectivity index (χ2n) is 6.26. The Morgan fingerprint density at radius 1 is 0.967 bits per heavy atom. The van der Waals surface area contributed by atoms with Crippen molar-refractivity contribution in [1.29, 1.82) is 0 Å². The second kappa shape index (κ2) is 9.42. The highest BCUT2D eigenvalue weighted by Crippen LogP contribution is 2.25. The summed E-state index contributed by atoms with van der Waals surface area (Å²) < 4.78 is 16.4. The van der Waals surface area contributed by atoms with Gasteiger partial charge in [-0.05, 0) is 36.4 Å². The van der Waals surface area contributed by atoms with Gasteiger partial charge in [-0.2, -0.15) is 0 Å². The van der Waals surface area contributed by atoms with E-state index in [1.165, 1.54) is 25.3 Å². The highest BCUT2D eigenvalue weighted by atomic mass is 16.6. The average Bonchev–Trinajstić information content (AvgIpc) is 2.77. The summed E-state index contributed by atoms with van der Waals surface area (Å²) in [6.45, 7) is 0.175. The van der Waals surface area contributed by atoms with E-state index in [0.717, 1.165) is 0 Å². The molecule has 0 saturated heterocycles. The maximum absolute atomic E-state index is 12.6. The van der Waals surface area contributed by atoms with Crippen LogP contribution < -0.4 is 19.5 Å². The van der Waals surface area contributed by atoms with Crippen molar-refractivity contribution in [1.82, 2.24) is 0 Å². The van der Waals surface area contributed by atoms with Gasteiger partial charge in [0, 0.05) is 35.0 Å². The number of amides is 1. The molecule has 8 nitrogen and oxygen atoms in total. The fourth-order valence-electron chi connectivity index (χ4n) is 2.79. The van der Waals surface area contributed by atoms with Gasteiger partial charge in [-0.15, -0.1) is 0 Å². The lowest BCUT2D eigenvalue weighted by atomic mass is 10.1. The monoisotopic (exact) mass is 408 g/mol. The fourth-order valence-corrected chi connectivity index (χ4v) is 2.79.